The Kier molecular flexibility index (Phi) is 6.41. The first-order valence-corrected chi connectivity index (χ1v) is 12.7. The molecular formula is C26H22F2N4O6S. The second kappa shape index (κ2) is 9.49. The second-order valence-corrected chi connectivity index (χ2v) is 11.5. The van der Waals surface area contributed by atoms with Gasteiger partial charge in [0.25, 0.3) is 5.91 Å². The molecule has 4 N–H and O–H groups in total. The van der Waals surface area contributed by atoms with E-state index in [1.165, 1.54) is 16.7 Å². The summed E-state index contributed by atoms with van der Waals surface area (Å²) in [5.41, 5.74) is -0.982. The van der Waals surface area contributed by atoms with E-state index >= 15 is 0 Å². The fourth-order valence-corrected chi connectivity index (χ4v) is 6.55. The summed E-state index contributed by atoms with van der Waals surface area (Å²) >= 11 is 1.25. The number of carbonyl (C=O) groups excluding carboxylic acids is 3. The van der Waals surface area contributed by atoms with Gasteiger partial charge in [-0.3, -0.25) is 19.2 Å². The number of pyridine rings is 1. The van der Waals surface area contributed by atoms with Gasteiger partial charge in [-0.2, -0.15) is 0 Å². The van der Waals surface area contributed by atoms with Crippen LogP contribution in [0.15, 0.2) is 53.5 Å². The number of aromatic nitrogens is 1. The van der Waals surface area contributed by atoms with Crippen molar-refractivity contribution in [1.29, 1.82) is 0 Å². The van der Waals surface area contributed by atoms with Crippen LogP contribution in [0.2, 0.25) is 0 Å². The van der Waals surface area contributed by atoms with Crippen molar-refractivity contribution in [3.8, 4) is 0 Å². The fraction of sp³-hybridized carbons (Fsp3) is 0.269. The van der Waals surface area contributed by atoms with Crippen molar-refractivity contribution in [1.82, 2.24) is 20.5 Å². The summed E-state index contributed by atoms with van der Waals surface area (Å²) in [4.78, 5) is 67.9. The Labute approximate surface area is 223 Å². The molecule has 2 aromatic carbocycles. The van der Waals surface area contributed by atoms with Crippen molar-refractivity contribution in [2.75, 3.05) is 0 Å². The largest absolute Gasteiger partial charge is 0.480 e. The van der Waals surface area contributed by atoms with Crippen molar-refractivity contribution in [3.63, 3.8) is 0 Å². The Morgan fingerprint density at radius 2 is 1.77 bits per heavy atom. The van der Waals surface area contributed by atoms with E-state index in [9.17, 15) is 37.9 Å². The fourth-order valence-electron chi connectivity index (χ4n) is 4.92. The van der Waals surface area contributed by atoms with Gasteiger partial charge in [0.2, 0.25) is 17.2 Å². The van der Waals surface area contributed by atoms with Gasteiger partial charge in [-0.15, -0.1) is 11.8 Å². The Bertz CT molecular complexity index is 1590. The van der Waals surface area contributed by atoms with Gasteiger partial charge in [-0.25, -0.2) is 13.6 Å². The number of hydrogen-bond acceptors (Lipinski definition) is 6. The van der Waals surface area contributed by atoms with E-state index in [0.717, 1.165) is 12.3 Å². The zero-order chi connectivity index (χ0) is 28.2. The van der Waals surface area contributed by atoms with Gasteiger partial charge in [0.05, 0.1) is 5.52 Å². The van der Waals surface area contributed by atoms with Crippen LogP contribution in [-0.4, -0.2) is 60.9 Å². The molecule has 4 atom stereocenters. The number of nitrogens with one attached hydrogen (secondary N) is 3. The number of nitrogens with zero attached hydrogens (tertiary/aromatic N) is 1. The maximum atomic E-state index is 13.8. The number of amides is 3. The molecule has 13 heteroatoms. The number of thioether (sulfide) groups is 1. The molecule has 5 rings (SSSR count). The number of fused-ring (bicyclic) bond motifs is 2. The van der Waals surface area contributed by atoms with E-state index in [0.29, 0.717) is 11.6 Å². The molecule has 0 radical (unpaired) electrons. The molecular weight excluding hydrogens is 534 g/mol. The van der Waals surface area contributed by atoms with Gasteiger partial charge in [0.15, 0.2) is 11.6 Å². The topological polar surface area (TPSA) is 149 Å². The molecule has 0 saturated carbocycles. The molecule has 10 nitrogen and oxygen atoms in total. The smallest absolute Gasteiger partial charge is 0.327 e. The summed E-state index contributed by atoms with van der Waals surface area (Å²) in [6.45, 7) is 3.41. The Morgan fingerprint density at radius 3 is 2.44 bits per heavy atom. The SMILES string of the molecule is CC1(C)SC2[C@H](NC(=O)C(NC(=O)c3c[nH]c4cc(F)c(F)cc4c3=O)c3ccccc3)C(=O)N2[C@H]1C(=O)O. The molecule has 2 unspecified atom stereocenters. The highest BCUT2D eigenvalue weighted by Gasteiger charge is 2.64. The Balaban J connectivity index is 1.41. The Morgan fingerprint density at radius 1 is 1.10 bits per heavy atom. The molecule has 3 aromatic rings. The van der Waals surface area contributed by atoms with E-state index in [1.54, 1.807) is 44.2 Å². The lowest BCUT2D eigenvalue weighted by Gasteiger charge is -2.44. The minimum Gasteiger partial charge on any atom is -0.480 e. The summed E-state index contributed by atoms with van der Waals surface area (Å²) in [6.07, 6.45) is 1.04. The van der Waals surface area contributed by atoms with Gasteiger partial charge in [-0.1, -0.05) is 30.3 Å². The molecule has 2 aliphatic heterocycles. The van der Waals surface area contributed by atoms with Gasteiger partial charge in [0, 0.05) is 22.4 Å². The molecule has 2 saturated heterocycles. The lowest BCUT2D eigenvalue weighted by molar-refractivity contribution is -0.161. The van der Waals surface area contributed by atoms with E-state index in [4.69, 9.17) is 0 Å². The molecule has 2 aliphatic rings. The number of carboxylic acids is 1. The Hall–Kier alpha value is -4.26. The summed E-state index contributed by atoms with van der Waals surface area (Å²) in [7, 11) is 0. The molecule has 0 aliphatic carbocycles. The van der Waals surface area contributed by atoms with Crippen molar-refractivity contribution in [2.45, 2.75) is 42.1 Å². The van der Waals surface area contributed by atoms with Crippen LogP contribution in [-0.2, 0) is 14.4 Å². The van der Waals surface area contributed by atoms with Crippen LogP contribution in [0.25, 0.3) is 10.9 Å². The first-order valence-electron chi connectivity index (χ1n) is 11.8. The lowest BCUT2D eigenvalue weighted by Crippen LogP contribution is -2.71. The molecule has 3 amide bonds. The number of carboxylic acid groups (broad SMARTS) is 1. The maximum Gasteiger partial charge on any atom is 0.327 e. The van der Waals surface area contributed by atoms with Gasteiger partial charge >= 0.3 is 5.97 Å². The molecule has 1 aromatic heterocycles. The normalized spacial score (nSPS) is 22.1. The molecule has 202 valence electrons. The highest BCUT2D eigenvalue weighted by atomic mass is 32.2. The molecule has 0 bridgehead atoms. The van der Waals surface area contributed by atoms with Crippen molar-refractivity contribution >= 4 is 46.4 Å². The number of halogens is 2. The monoisotopic (exact) mass is 556 g/mol. The van der Waals surface area contributed by atoms with Crippen LogP contribution in [0, 0.1) is 11.6 Å². The molecule has 39 heavy (non-hydrogen) atoms. The lowest BCUT2D eigenvalue weighted by atomic mass is 9.95. The minimum atomic E-state index is -1.34. The molecule has 2 fully saturated rings. The number of benzene rings is 2. The second-order valence-electron chi connectivity index (χ2n) is 9.74. The number of β-lactam (4-membered cyclic amide) rings is 1. The molecule has 3 heterocycles. The van der Waals surface area contributed by atoms with Crippen LogP contribution < -0.4 is 16.1 Å². The third-order valence-corrected chi connectivity index (χ3v) is 8.38. The first-order chi connectivity index (χ1) is 18.4. The number of aliphatic carboxylic acids is 1. The summed E-state index contributed by atoms with van der Waals surface area (Å²) < 4.78 is 26.5. The van der Waals surface area contributed by atoms with Crippen LogP contribution in [0.3, 0.4) is 0 Å². The summed E-state index contributed by atoms with van der Waals surface area (Å²) in [5.74, 6) is -5.85. The van der Waals surface area contributed by atoms with Crippen molar-refractivity contribution in [2.24, 2.45) is 0 Å². The standard InChI is InChI=1S/C26H22F2N4O6S/c1-26(2)20(25(37)38)32-23(36)18(24(32)39-26)31-22(35)17(11-6-4-3-5-7-11)30-21(34)13-10-29-16-9-15(28)14(27)8-12(16)19(13)33/h3-10,17-18,20,24H,1-2H3,(H,29,33)(H,30,34)(H,31,35)(H,37,38)/t17?,18-,20+,24?/m1/s1. The zero-order valence-corrected chi connectivity index (χ0v) is 21.3. The zero-order valence-electron chi connectivity index (χ0n) is 20.5. The maximum absolute atomic E-state index is 13.8. The summed E-state index contributed by atoms with van der Waals surface area (Å²) in [6, 6.07) is 6.15. The van der Waals surface area contributed by atoms with E-state index in [-0.39, 0.29) is 10.9 Å². The number of carbonyl (C=O) groups is 4. The number of H-pyrrole nitrogens is 1. The highest BCUT2D eigenvalue weighted by molar-refractivity contribution is 8.01. The average molecular weight is 557 g/mol. The van der Waals surface area contributed by atoms with Crippen LogP contribution in [0.4, 0.5) is 8.78 Å². The van der Waals surface area contributed by atoms with Crippen LogP contribution in [0.1, 0.15) is 35.8 Å². The van der Waals surface area contributed by atoms with Gasteiger partial charge < -0.3 is 25.6 Å². The van der Waals surface area contributed by atoms with Crippen LogP contribution >= 0.6 is 11.8 Å². The van der Waals surface area contributed by atoms with Crippen molar-refractivity contribution < 1.29 is 33.1 Å². The third kappa shape index (κ3) is 4.42. The first kappa shape index (κ1) is 26.4. The third-order valence-electron chi connectivity index (χ3n) is 6.81. The predicted molar refractivity (Wildman–Crippen MR) is 137 cm³/mol. The number of hydrogen-bond donors (Lipinski definition) is 4. The van der Waals surface area contributed by atoms with Gasteiger partial charge in [-0.05, 0) is 25.5 Å². The van der Waals surface area contributed by atoms with E-state index in [1.807, 2.05) is 0 Å². The van der Waals surface area contributed by atoms with Crippen LogP contribution in [0.5, 0.6) is 0 Å². The predicted octanol–water partition coefficient (Wildman–Crippen LogP) is 1.91. The quantitative estimate of drug-likeness (QED) is 0.339. The highest BCUT2D eigenvalue weighted by Crippen LogP contribution is 2.50. The number of aromatic amines is 1. The average Bonchev–Trinajstić information content (AvgIpc) is 3.15. The summed E-state index contributed by atoms with van der Waals surface area (Å²) in [5, 5.41) is 13.8. The number of rotatable bonds is 6. The van der Waals surface area contributed by atoms with Crippen molar-refractivity contribution in [3.05, 3.63) is 81.6 Å². The van der Waals surface area contributed by atoms with E-state index < -0.39 is 74.6 Å². The minimum absolute atomic E-state index is 0.0162. The van der Waals surface area contributed by atoms with E-state index in [2.05, 4.69) is 15.6 Å². The van der Waals surface area contributed by atoms with Gasteiger partial charge in [0.1, 0.15) is 29.1 Å². The molecule has 0 spiro atoms.